The first-order valence-electron chi connectivity index (χ1n) is 6.29. The van der Waals surface area contributed by atoms with Crippen molar-refractivity contribution in [1.82, 2.24) is 5.32 Å². The van der Waals surface area contributed by atoms with E-state index in [2.05, 4.69) is 21.2 Å². The van der Waals surface area contributed by atoms with E-state index in [1.807, 2.05) is 0 Å². The number of aryl methyl sites for hydroxylation is 1. The SMILES string of the molecule is Cc1ccc(C(=O)NC2(CBr)CCOCC2)cc1F. The topological polar surface area (TPSA) is 38.3 Å². The Morgan fingerprint density at radius 2 is 2.16 bits per heavy atom. The van der Waals surface area contributed by atoms with E-state index in [1.54, 1.807) is 19.1 Å². The highest BCUT2D eigenvalue weighted by Crippen LogP contribution is 2.23. The molecule has 2 rings (SSSR count). The number of benzene rings is 1. The summed E-state index contributed by atoms with van der Waals surface area (Å²) in [7, 11) is 0. The molecule has 0 spiro atoms. The molecule has 1 saturated heterocycles. The van der Waals surface area contributed by atoms with Gasteiger partial charge in [0.2, 0.25) is 0 Å². The molecule has 1 aromatic carbocycles. The Bertz CT molecular complexity index is 473. The maximum atomic E-state index is 13.5. The second kappa shape index (κ2) is 6.01. The monoisotopic (exact) mass is 329 g/mol. The standard InChI is InChI=1S/C14H17BrFNO2/c1-10-2-3-11(8-12(10)16)13(18)17-14(9-15)4-6-19-7-5-14/h2-3,8H,4-7,9H2,1H3,(H,17,18). The van der Waals surface area contributed by atoms with Crippen LogP contribution in [0.3, 0.4) is 0 Å². The minimum Gasteiger partial charge on any atom is -0.381 e. The van der Waals surface area contributed by atoms with Crippen LogP contribution in [0, 0.1) is 12.7 Å². The summed E-state index contributed by atoms with van der Waals surface area (Å²) < 4.78 is 18.8. The Labute approximate surface area is 120 Å². The van der Waals surface area contributed by atoms with E-state index in [4.69, 9.17) is 4.74 Å². The number of nitrogens with one attached hydrogen (secondary N) is 1. The van der Waals surface area contributed by atoms with Crippen LogP contribution in [0.4, 0.5) is 4.39 Å². The third-order valence-electron chi connectivity index (χ3n) is 3.52. The van der Waals surface area contributed by atoms with Crippen molar-refractivity contribution in [1.29, 1.82) is 0 Å². The molecule has 0 radical (unpaired) electrons. The molecular formula is C14H17BrFNO2. The van der Waals surface area contributed by atoms with Crippen LogP contribution in [0.15, 0.2) is 18.2 Å². The lowest BCUT2D eigenvalue weighted by molar-refractivity contribution is 0.0441. The van der Waals surface area contributed by atoms with Gasteiger partial charge in [-0.25, -0.2) is 4.39 Å². The van der Waals surface area contributed by atoms with Crippen LogP contribution in [0.5, 0.6) is 0 Å². The van der Waals surface area contributed by atoms with E-state index < -0.39 is 0 Å². The van der Waals surface area contributed by atoms with Crippen LogP contribution in [0.1, 0.15) is 28.8 Å². The molecule has 0 aliphatic carbocycles. The molecule has 19 heavy (non-hydrogen) atoms. The molecule has 1 aliphatic heterocycles. The molecule has 3 nitrogen and oxygen atoms in total. The van der Waals surface area contributed by atoms with Gasteiger partial charge in [0.15, 0.2) is 0 Å². The molecule has 1 aromatic rings. The summed E-state index contributed by atoms with van der Waals surface area (Å²) in [6, 6.07) is 4.55. The Morgan fingerprint density at radius 3 is 2.74 bits per heavy atom. The van der Waals surface area contributed by atoms with Crippen LogP contribution < -0.4 is 5.32 Å². The number of ether oxygens (including phenoxy) is 1. The molecule has 1 N–H and O–H groups in total. The summed E-state index contributed by atoms with van der Waals surface area (Å²) >= 11 is 3.45. The number of hydrogen-bond donors (Lipinski definition) is 1. The van der Waals surface area contributed by atoms with E-state index >= 15 is 0 Å². The van der Waals surface area contributed by atoms with Crippen molar-refractivity contribution in [2.24, 2.45) is 0 Å². The molecule has 104 valence electrons. The number of alkyl halides is 1. The van der Waals surface area contributed by atoms with Crippen molar-refractivity contribution in [3.05, 3.63) is 35.1 Å². The Kier molecular flexibility index (Phi) is 4.58. The zero-order valence-corrected chi connectivity index (χ0v) is 12.4. The van der Waals surface area contributed by atoms with Crippen LogP contribution in [-0.2, 0) is 4.74 Å². The van der Waals surface area contributed by atoms with Gasteiger partial charge < -0.3 is 10.1 Å². The normalized spacial score (nSPS) is 18.1. The molecule has 1 aliphatic rings. The van der Waals surface area contributed by atoms with Gasteiger partial charge in [-0.1, -0.05) is 22.0 Å². The summed E-state index contributed by atoms with van der Waals surface area (Å²) in [6.07, 6.45) is 1.52. The van der Waals surface area contributed by atoms with Crippen molar-refractivity contribution in [2.45, 2.75) is 25.3 Å². The highest BCUT2D eigenvalue weighted by molar-refractivity contribution is 9.09. The van der Waals surface area contributed by atoms with Crippen molar-refractivity contribution in [3.8, 4) is 0 Å². The first-order valence-corrected chi connectivity index (χ1v) is 7.41. The highest BCUT2D eigenvalue weighted by Gasteiger charge is 2.33. The van der Waals surface area contributed by atoms with Gasteiger partial charge in [-0.3, -0.25) is 4.79 Å². The van der Waals surface area contributed by atoms with Gasteiger partial charge in [0.05, 0.1) is 5.54 Å². The van der Waals surface area contributed by atoms with Crippen LogP contribution >= 0.6 is 15.9 Å². The Hall–Kier alpha value is -0.940. The lowest BCUT2D eigenvalue weighted by Crippen LogP contribution is -2.53. The summed E-state index contributed by atoms with van der Waals surface area (Å²) in [6.45, 7) is 2.94. The third kappa shape index (κ3) is 3.34. The zero-order chi connectivity index (χ0) is 13.9. The predicted molar refractivity (Wildman–Crippen MR) is 75.2 cm³/mol. The number of rotatable bonds is 3. The smallest absolute Gasteiger partial charge is 0.251 e. The highest BCUT2D eigenvalue weighted by atomic mass is 79.9. The first kappa shape index (κ1) is 14.5. The van der Waals surface area contributed by atoms with Crippen LogP contribution in [0.2, 0.25) is 0 Å². The molecule has 0 bridgehead atoms. The fourth-order valence-corrected chi connectivity index (χ4v) is 2.80. The van der Waals surface area contributed by atoms with Gasteiger partial charge in [0.25, 0.3) is 5.91 Å². The lowest BCUT2D eigenvalue weighted by atomic mass is 9.92. The molecular weight excluding hydrogens is 313 g/mol. The van der Waals surface area contributed by atoms with Gasteiger partial charge in [0.1, 0.15) is 5.82 Å². The van der Waals surface area contributed by atoms with Crippen molar-refractivity contribution >= 4 is 21.8 Å². The van der Waals surface area contributed by atoms with E-state index in [0.717, 1.165) is 12.8 Å². The molecule has 1 fully saturated rings. The molecule has 0 unspecified atom stereocenters. The summed E-state index contributed by atoms with van der Waals surface area (Å²) in [4.78, 5) is 12.2. The molecule has 0 saturated carbocycles. The van der Waals surface area contributed by atoms with Gasteiger partial charge in [0, 0.05) is 24.1 Å². The van der Waals surface area contributed by atoms with Crippen molar-refractivity contribution in [2.75, 3.05) is 18.5 Å². The van der Waals surface area contributed by atoms with Crippen molar-refractivity contribution < 1.29 is 13.9 Å². The number of carbonyl (C=O) groups is 1. The second-order valence-electron chi connectivity index (χ2n) is 4.94. The largest absolute Gasteiger partial charge is 0.381 e. The van der Waals surface area contributed by atoms with Gasteiger partial charge >= 0.3 is 0 Å². The maximum absolute atomic E-state index is 13.5. The predicted octanol–water partition coefficient (Wildman–Crippen LogP) is 2.81. The zero-order valence-electron chi connectivity index (χ0n) is 10.8. The van der Waals surface area contributed by atoms with E-state index in [-0.39, 0.29) is 17.3 Å². The molecule has 1 heterocycles. The Balaban J connectivity index is 2.12. The number of carbonyl (C=O) groups excluding carboxylic acids is 1. The summed E-state index contributed by atoms with van der Waals surface area (Å²) in [5.41, 5.74) is 0.601. The third-order valence-corrected chi connectivity index (χ3v) is 4.59. The van der Waals surface area contributed by atoms with E-state index in [1.165, 1.54) is 6.07 Å². The molecule has 0 aromatic heterocycles. The van der Waals surface area contributed by atoms with Crippen molar-refractivity contribution in [3.63, 3.8) is 0 Å². The fourth-order valence-electron chi connectivity index (χ4n) is 2.10. The molecule has 0 atom stereocenters. The van der Waals surface area contributed by atoms with E-state index in [9.17, 15) is 9.18 Å². The lowest BCUT2D eigenvalue weighted by Gasteiger charge is -2.36. The maximum Gasteiger partial charge on any atom is 0.251 e. The van der Waals surface area contributed by atoms with E-state index in [0.29, 0.717) is 29.7 Å². The molecule has 1 amide bonds. The van der Waals surface area contributed by atoms with Crippen LogP contribution in [-0.4, -0.2) is 30.0 Å². The van der Waals surface area contributed by atoms with Gasteiger partial charge in [-0.2, -0.15) is 0 Å². The van der Waals surface area contributed by atoms with Gasteiger partial charge in [-0.05, 0) is 37.5 Å². The van der Waals surface area contributed by atoms with Crippen LogP contribution in [0.25, 0.3) is 0 Å². The molecule has 5 heteroatoms. The summed E-state index contributed by atoms with van der Waals surface area (Å²) in [5, 5.41) is 3.68. The Morgan fingerprint density at radius 1 is 1.47 bits per heavy atom. The number of amides is 1. The average molecular weight is 330 g/mol. The first-order chi connectivity index (χ1) is 9.06. The quantitative estimate of drug-likeness (QED) is 0.866. The minimum atomic E-state index is -0.354. The second-order valence-corrected chi connectivity index (χ2v) is 5.51. The number of hydrogen-bond acceptors (Lipinski definition) is 2. The fraction of sp³-hybridized carbons (Fsp3) is 0.500. The number of halogens is 2. The minimum absolute atomic E-state index is 0.236. The average Bonchev–Trinajstić information content (AvgIpc) is 2.43. The van der Waals surface area contributed by atoms with Gasteiger partial charge in [-0.15, -0.1) is 0 Å². The summed E-state index contributed by atoms with van der Waals surface area (Å²) in [5.74, 6) is -0.590.